The Kier molecular flexibility index (Phi) is 2.08. The summed E-state index contributed by atoms with van der Waals surface area (Å²) >= 11 is 0. The molecule has 1 aromatic rings. The van der Waals surface area contributed by atoms with Crippen molar-refractivity contribution in [3.05, 3.63) is 29.6 Å². The first-order valence-corrected chi connectivity index (χ1v) is 3.30. The summed E-state index contributed by atoms with van der Waals surface area (Å²) in [5.41, 5.74) is 5.73. The van der Waals surface area contributed by atoms with Crippen LogP contribution in [0.1, 0.15) is 18.7 Å². The zero-order chi connectivity index (χ0) is 8.43. The molecule has 3 heteroatoms. The second-order valence-corrected chi connectivity index (χ2v) is 2.40. The summed E-state index contributed by atoms with van der Waals surface area (Å²) in [7, 11) is 0. The van der Waals surface area contributed by atoms with Crippen LogP contribution in [0.2, 0.25) is 0 Å². The Hall–Kier alpha value is -1.12. The van der Waals surface area contributed by atoms with Crippen LogP contribution in [0.5, 0.6) is 0 Å². The summed E-state index contributed by atoms with van der Waals surface area (Å²) in [5.74, 6) is -0.547. The van der Waals surface area contributed by atoms with Gasteiger partial charge in [0.05, 0.1) is 0 Å². The van der Waals surface area contributed by atoms with E-state index in [4.69, 9.17) is 5.73 Å². The van der Waals surface area contributed by atoms with E-state index in [2.05, 4.69) is 0 Å². The summed E-state index contributed by atoms with van der Waals surface area (Å²) in [6.07, 6.45) is -1.31. The number of halogens is 2. The minimum Gasteiger partial charge on any atom is -0.399 e. The first kappa shape index (κ1) is 7.98. The minimum atomic E-state index is -1.31. The average molecular weight is 157 g/mol. The predicted molar refractivity (Wildman–Crippen MR) is 40.3 cm³/mol. The lowest BCUT2D eigenvalue weighted by Crippen LogP contribution is -1.94. The van der Waals surface area contributed by atoms with Crippen molar-refractivity contribution in [2.45, 2.75) is 13.1 Å². The van der Waals surface area contributed by atoms with Gasteiger partial charge in [0.1, 0.15) is 12.0 Å². The van der Waals surface area contributed by atoms with Gasteiger partial charge in [-0.3, -0.25) is 0 Å². The number of benzene rings is 1. The third-order valence-corrected chi connectivity index (χ3v) is 1.45. The van der Waals surface area contributed by atoms with Crippen molar-refractivity contribution in [2.24, 2.45) is 0 Å². The molecule has 1 atom stereocenters. The topological polar surface area (TPSA) is 26.0 Å². The van der Waals surface area contributed by atoms with Crippen molar-refractivity contribution in [3.63, 3.8) is 0 Å². The number of nitrogen functional groups attached to an aromatic ring is 1. The molecule has 0 aliphatic carbocycles. The quantitative estimate of drug-likeness (QED) is 0.622. The monoisotopic (exact) mass is 157 g/mol. The van der Waals surface area contributed by atoms with E-state index in [1.54, 1.807) is 0 Å². The van der Waals surface area contributed by atoms with Gasteiger partial charge in [-0.2, -0.15) is 0 Å². The highest BCUT2D eigenvalue weighted by Crippen LogP contribution is 2.21. The molecule has 0 fully saturated rings. The highest BCUT2D eigenvalue weighted by molar-refractivity contribution is 5.41. The van der Waals surface area contributed by atoms with Crippen LogP contribution >= 0.6 is 0 Å². The molecule has 0 radical (unpaired) electrons. The van der Waals surface area contributed by atoms with Crippen molar-refractivity contribution < 1.29 is 8.78 Å². The van der Waals surface area contributed by atoms with Gasteiger partial charge in [-0.1, -0.05) is 0 Å². The molecule has 11 heavy (non-hydrogen) atoms. The number of hydrogen-bond acceptors (Lipinski definition) is 1. The zero-order valence-corrected chi connectivity index (χ0v) is 6.14. The molecule has 2 N–H and O–H groups in total. The Morgan fingerprint density at radius 3 is 2.55 bits per heavy atom. The van der Waals surface area contributed by atoms with Gasteiger partial charge in [0, 0.05) is 11.3 Å². The van der Waals surface area contributed by atoms with Gasteiger partial charge in [0.2, 0.25) is 0 Å². The van der Waals surface area contributed by atoms with Crippen LogP contribution < -0.4 is 5.73 Å². The van der Waals surface area contributed by atoms with E-state index in [0.717, 1.165) is 0 Å². The lowest BCUT2D eigenvalue weighted by molar-refractivity contribution is 0.361. The predicted octanol–water partition coefficient (Wildman–Crippen LogP) is 2.44. The van der Waals surface area contributed by atoms with Crippen molar-refractivity contribution in [1.29, 1.82) is 0 Å². The van der Waals surface area contributed by atoms with Crippen LogP contribution in [-0.4, -0.2) is 0 Å². The largest absolute Gasteiger partial charge is 0.399 e. The normalized spacial score (nSPS) is 13.0. The Labute approximate surface area is 63.8 Å². The van der Waals surface area contributed by atoms with Gasteiger partial charge < -0.3 is 5.73 Å². The molecule has 0 heterocycles. The SMILES string of the molecule is CC(F)c1cc(N)ccc1F. The highest BCUT2D eigenvalue weighted by Gasteiger charge is 2.08. The zero-order valence-electron chi connectivity index (χ0n) is 6.14. The van der Waals surface area contributed by atoms with Crippen LogP contribution in [0.25, 0.3) is 0 Å². The number of anilines is 1. The van der Waals surface area contributed by atoms with Crippen molar-refractivity contribution >= 4 is 5.69 Å². The number of nitrogens with two attached hydrogens (primary N) is 1. The van der Waals surface area contributed by atoms with Crippen molar-refractivity contribution in [1.82, 2.24) is 0 Å². The highest BCUT2D eigenvalue weighted by atomic mass is 19.1. The van der Waals surface area contributed by atoms with E-state index < -0.39 is 12.0 Å². The molecule has 0 aliphatic rings. The fraction of sp³-hybridized carbons (Fsp3) is 0.250. The van der Waals surface area contributed by atoms with Gasteiger partial charge in [-0.25, -0.2) is 8.78 Å². The summed E-state index contributed by atoms with van der Waals surface area (Å²) in [6.45, 7) is 1.28. The molecule has 1 nitrogen and oxygen atoms in total. The van der Waals surface area contributed by atoms with Gasteiger partial charge in [0.25, 0.3) is 0 Å². The van der Waals surface area contributed by atoms with Gasteiger partial charge in [0.15, 0.2) is 0 Å². The summed E-state index contributed by atoms with van der Waals surface area (Å²) < 4.78 is 25.3. The van der Waals surface area contributed by atoms with E-state index in [-0.39, 0.29) is 5.56 Å². The number of rotatable bonds is 1. The van der Waals surface area contributed by atoms with Crippen molar-refractivity contribution in [2.75, 3.05) is 5.73 Å². The van der Waals surface area contributed by atoms with Crippen LogP contribution in [0.3, 0.4) is 0 Å². The van der Waals surface area contributed by atoms with Crippen LogP contribution in [0.4, 0.5) is 14.5 Å². The molecule has 0 bridgehead atoms. The van der Waals surface area contributed by atoms with Crippen molar-refractivity contribution in [3.8, 4) is 0 Å². The third kappa shape index (κ3) is 1.67. The second kappa shape index (κ2) is 2.86. The van der Waals surface area contributed by atoms with E-state index in [0.29, 0.717) is 5.69 Å². The minimum absolute atomic E-state index is 0.0185. The van der Waals surface area contributed by atoms with Crippen LogP contribution in [0.15, 0.2) is 18.2 Å². The molecule has 0 amide bonds. The summed E-state index contributed by atoms with van der Waals surface area (Å²) in [4.78, 5) is 0. The molecule has 1 rings (SSSR count). The van der Waals surface area contributed by atoms with Crippen LogP contribution in [0, 0.1) is 5.82 Å². The fourth-order valence-electron chi connectivity index (χ4n) is 0.867. The molecule has 60 valence electrons. The first-order chi connectivity index (χ1) is 5.11. The molecule has 0 spiro atoms. The molecule has 0 saturated heterocycles. The van der Waals surface area contributed by atoms with Crippen LogP contribution in [-0.2, 0) is 0 Å². The number of alkyl halides is 1. The lowest BCUT2D eigenvalue weighted by atomic mass is 10.1. The molecule has 0 saturated carbocycles. The first-order valence-electron chi connectivity index (χ1n) is 3.30. The smallest absolute Gasteiger partial charge is 0.129 e. The van der Waals surface area contributed by atoms with E-state index in [1.807, 2.05) is 0 Å². The molecule has 0 aromatic heterocycles. The lowest BCUT2D eigenvalue weighted by Gasteiger charge is -2.03. The van der Waals surface area contributed by atoms with E-state index in [1.165, 1.54) is 25.1 Å². The summed E-state index contributed by atoms with van der Waals surface area (Å²) in [6, 6.07) is 3.88. The maximum absolute atomic E-state index is 12.7. The molecular weight excluding hydrogens is 148 g/mol. The maximum Gasteiger partial charge on any atom is 0.129 e. The third-order valence-electron chi connectivity index (χ3n) is 1.45. The van der Waals surface area contributed by atoms with E-state index >= 15 is 0 Å². The van der Waals surface area contributed by atoms with Gasteiger partial charge in [-0.05, 0) is 25.1 Å². The second-order valence-electron chi connectivity index (χ2n) is 2.40. The molecular formula is C8H9F2N. The summed E-state index contributed by atoms with van der Waals surface area (Å²) in [5, 5.41) is 0. The maximum atomic E-state index is 12.7. The Morgan fingerprint density at radius 1 is 1.45 bits per heavy atom. The Bertz CT molecular complexity index is 258. The average Bonchev–Trinajstić information content (AvgIpc) is 1.94. The molecule has 1 unspecified atom stereocenters. The Morgan fingerprint density at radius 2 is 2.09 bits per heavy atom. The van der Waals surface area contributed by atoms with E-state index in [9.17, 15) is 8.78 Å². The molecule has 0 aliphatic heterocycles. The van der Waals surface area contributed by atoms with Gasteiger partial charge >= 0.3 is 0 Å². The van der Waals surface area contributed by atoms with Gasteiger partial charge in [-0.15, -0.1) is 0 Å². The molecule has 1 aromatic carbocycles. The fourth-order valence-corrected chi connectivity index (χ4v) is 0.867. The number of hydrogen-bond donors (Lipinski definition) is 1. The Balaban J connectivity index is 3.13. The standard InChI is InChI=1S/C8H9F2N/c1-5(9)7-4-6(11)2-3-8(7)10/h2-5H,11H2,1H3.